The van der Waals surface area contributed by atoms with Gasteiger partial charge < -0.3 is 14.9 Å². The van der Waals surface area contributed by atoms with Gasteiger partial charge in [-0.1, -0.05) is 13.8 Å². The third kappa shape index (κ3) is 3.19. The third-order valence-electron chi connectivity index (χ3n) is 4.33. The van der Waals surface area contributed by atoms with E-state index in [1.807, 2.05) is 9.80 Å². The Balaban J connectivity index is 1.92. The Morgan fingerprint density at radius 3 is 2.63 bits per heavy atom. The quantitative estimate of drug-likeness (QED) is 0.852. The molecular formula is C14H24N2O3. The molecule has 0 aliphatic carbocycles. The molecule has 0 spiro atoms. The summed E-state index contributed by atoms with van der Waals surface area (Å²) < 4.78 is 0. The summed E-state index contributed by atoms with van der Waals surface area (Å²) >= 11 is 0. The van der Waals surface area contributed by atoms with Crippen LogP contribution < -0.4 is 0 Å². The molecule has 0 aromatic heterocycles. The third-order valence-corrected chi connectivity index (χ3v) is 4.33. The Kier molecular flexibility index (Phi) is 4.32. The van der Waals surface area contributed by atoms with Gasteiger partial charge in [-0.15, -0.1) is 0 Å². The summed E-state index contributed by atoms with van der Waals surface area (Å²) in [5.41, 5.74) is 0. The molecule has 2 unspecified atom stereocenters. The van der Waals surface area contributed by atoms with Crippen molar-refractivity contribution in [2.24, 2.45) is 11.8 Å². The number of nitrogens with zero attached hydrogens (tertiary/aromatic N) is 2. The summed E-state index contributed by atoms with van der Waals surface area (Å²) in [5.74, 6) is -0.147. The van der Waals surface area contributed by atoms with Gasteiger partial charge in [0.15, 0.2) is 0 Å². The molecule has 2 fully saturated rings. The van der Waals surface area contributed by atoms with Gasteiger partial charge in [0.1, 0.15) is 0 Å². The summed E-state index contributed by atoms with van der Waals surface area (Å²) in [5, 5.41) is 8.81. The van der Waals surface area contributed by atoms with Crippen LogP contribution in [0, 0.1) is 11.8 Å². The lowest BCUT2D eigenvalue weighted by Crippen LogP contribution is -2.46. The molecule has 2 amide bonds. The highest BCUT2D eigenvalue weighted by atomic mass is 16.4. The molecule has 2 aliphatic rings. The van der Waals surface area contributed by atoms with Crippen molar-refractivity contribution < 1.29 is 14.7 Å². The number of hydrogen-bond donors (Lipinski definition) is 1. The van der Waals surface area contributed by atoms with Crippen LogP contribution in [0.2, 0.25) is 0 Å². The molecule has 2 atom stereocenters. The lowest BCUT2D eigenvalue weighted by atomic mass is 10.0. The Labute approximate surface area is 114 Å². The molecule has 108 valence electrons. The zero-order chi connectivity index (χ0) is 14.0. The first-order valence-electron chi connectivity index (χ1n) is 7.26. The minimum Gasteiger partial charge on any atom is -0.481 e. The van der Waals surface area contributed by atoms with Crippen molar-refractivity contribution in [3.8, 4) is 0 Å². The summed E-state index contributed by atoms with van der Waals surface area (Å²) in [4.78, 5) is 27.0. The van der Waals surface area contributed by atoms with E-state index in [-0.39, 0.29) is 18.4 Å². The number of urea groups is 1. The summed E-state index contributed by atoms with van der Waals surface area (Å²) in [6, 6.07) is 0.468. The average Bonchev–Trinajstić information content (AvgIpc) is 2.94. The van der Waals surface area contributed by atoms with Gasteiger partial charge in [-0.25, -0.2) is 4.79 Å². The zero-order valence-corrected chi connectivity index (χ0v) is 11.8. The van der Waals surface area contributed by atoms with Gasteiger partial charge in [-0.2, -0.15) is 0 Å². The van der Waals surface area contributed by atoms with E-state index >= 15 is 0 Å². The molecule has 1 N–H and O–H groups in total. The van der Waals surface area contributed by atoms with Crippen LogP contribution in [0.5, 0.6) is 0 Å². The van der Waals surface area contributed by atoms with Crippen LogP contribution in [0.25, 0.3) is 0 Å². The molecule has 5 nitrogen and oxygen atoms in total. The minimum atomic E-state index is -0.763. The fourth-order valence-corrected chi connectivity index (χ4v) is 3.32. The van der Waals surface area contributed by atoms with Gasteiger partial charge in [-0.05, 0) is 31.1 Å². The Morgan fingerprint density at radius 2 is 2.00 bits per heavy atom. The van der Waals surface area contributed by atoms with Crippen molar-refractivity contribution >= 4 is 12.0 Å². The second-order valence-electron chi connectivity index (χ2n) is 6.13. The number of rotatable bonds is 3. The second kappa shape index (κ2) is 5.80. The van der Waals surface area contributed by atoms with Gasteiger partial charge >= 0.3 is 12.0 Å². The maximum atomic E-state index is 12.5. The number of carbonyl (C=O) groups is 2. The smallest absolute Gasteiger partial charge is 0.320 e. The molecule has 5 heteroatoms. The largest absolute Gasteiger partial charge is 0.481 e. The first kappa shape index (κ1) is 14.2. The number of amides is 2. The molecule has 2 rings (SSSR count). The van der Waals surface area contributed by atoms with Crippen LogP contribution in [-0.4, -0.2) is 52.6 Å². The van der Waals surface area contributed by atoms with Crippen LogP contribution in [-0.2, 0) is 4.79 Å². The zero-order valence-electron chi connectivity index (χ0n) is 11.8. The molecular weight excluding hydrogens is 244 g/mol. The molecule has 19 heavy (non-hydrogen) atoms. The highest BCUT2D eigenvalue weighted by Gasteiger charge is 2.36. The van der Waals surface area contributed by atoms with E-state index in [4.69, 9.17) is 5.11 Å². The highest BCUT2D eigenvalue weighted by Crippen LogP contribution is 2.27. The van der Waals surface area contributed by atoms with E-state index in [2.05, 4.69) is 13.8 Å². The van der Waals surface area contributed by atoms with Crippen LogP contribution in [0.1, 0.15) is 39.5 Å². The predicted molar refractivity (Wildman–Crippen MR) is 71.9 cm³/mol. The van der Waals surface area contributed by atoms with E-state index in [9.17, 15) is 9.59 Å². The maximum Gasteiger partial charge on any atom is 0.320 e. The van der Waals surface area contributed by atoms with Crippen molar-refractivity contribution in [2.75, 3.05) is 19.6 Å². The predicted octanol–water partition coefficient (Wildman–Crippen LogP) is 2.02. The van der Waals surface area contributed by atoms with Crippen LogP contribution >= 0.6 is 0 Å². The Hall–Kier alpha value is -1.26. The van der Waals surface area contributed by atoms with Gasteiger partial charge in [0, 0.05) is 32.1 Å². The number of carboxylic acid groups (broad SMARTS) is 1. The van der Waals surface area contributed by atoms with Crippen molar-refractivity contribution in [3.63, 3.8) is 0 Å². The first-order valence-corrected chi connectivity index (χ1v) is 7.26. The first-order chi connectivity index (χ1) is 8.99. The van der Waals surface area contributed by atoms with Crippen LogP contribution in [0.3, 0.4) is 0 Å². The standard InChI is InChI=1S/C14H24N2O3/c1-10(2)12-4-3-6-16(12)14(19)15-7-5-11(9-15)8-13(17)18/h10-12H,3-9H2,1-2H3,(H,17,18). The van der Waals surface area contributed by atoms with E-state index in [0.717, 1.165) is 25.8 Å². The summed E-state index contributed by atoms with van der Waals surface area (Å²) in [7, 11) is 0. The van der Waals surface area contributed by atoms with Crippen molar-refractivity contribution in [1.82, 2.24) is 9.80 Å². The van der Waals surface area contributed by atoms with E-state index < -0.39 is 5.97 Å². The molecule has 2 saturated heterocycles. The van der Waals surface area contributed by atoms with E-state index in [1.54, 1.807) is 0 Å². The van der Waals surface area contributed by atoms with Crippen molar-refractivity contribution in [3.05, 3.63) is 0 Å². The topological polar surface area (TPSA) is 60.9 Å². The number of likely N-dealkylation sites (tertiary alicyclic amines) is 2. The van der Waals surface area contributed by atoms with Gasteiger partial charge in [0.05, 0.1) is 0 Å². The number of carboxylic acids is 1. The second-order valence-corrected chi connectivity index (χ2v) is 6.13. The van der Waals surface area contributed by atoms with Gasteiger partial charge in [-0.3, -0.25) is 4.79 Å². The fourth-order valence-electron chi connectivity index (χ4n) is 3.32. The fraction of sp³-hybridized carbons (Fsp3) is 0.857. The van der Waals surface area contributed by atoms with E-state index in [1.165, 1.54) is 0 Å². The van der Waals surface area contributed by atoms with E-state index in [0.29, 0.717) is 25.0 Å². The van der Waals surface area contributed by atoms with Crippen molar-refractivity contribution in [2.45, 2.75) is 45.6 Å². The van der Waals surface area contributed by atoms with Gasteiger partial charge in [0.25, 0.3) is 0 Å². The molecule has 2 aliphatic heterocycles. The monoisotopic (exact) mass is 268 g/mol. The number of carbonyl (C=O) groups excluding carboxylic acids is 1. The molecule has 2 heterocycles. The summed E-state index contributed by atoms with van der Waals surface area (Å²) in [6.07, 6.45) is 3.17. The van der Waals surface area contributed by atoms with Crippen LogP contribution in [0.4, 0.5) is 4.79 Å². The lowest BCUT2D eigenvalue weighted by Gasteiger charge is -2.31. The normalized spacial score (nSPS) is 27.3. The average molecular weight is 268 g/mol. The molecule has 0 bridgehead atoms. The Morgan fingerprint density at radius 1 is 1.26 bits per heavy atom. The molecule has 0 saturated carbocycles. The highest BCUT2D eigenvalue weighted by molar-refractivity contribution is 5.75. The minimum absolute atomic E-state index is 0.115. The van der Waals surface area contributed by atoms with Gasteiger partial charge in [0.2, 0.25) is 0 Å². The number of hydrogen-bond acceptors (Lipinski definition) is 2. The Bertz CT molecular complexity index is 357. The van der Waals surface area contributed by atoms with Crippen LogP contribution in [0.15, 0.2) is 0 Å². The molecule has 0 aromatic rings. The maximum absolute atomic E-state index is 12.5. The molecule has 0 aromatic carbocycles. The van der Waals surface area contributed by atoms with Crippen molar-refractivity contribution in [1.29, 1.82) is 0 Å². The summed E-state index contributed by atoms with van der Waals surface area (Å²) in [6.45, 7) is 6.48. The SMILES string of the molecule is CC(C)C1CCCN1C(=O)N1CCC(CC(=O)O)C1. The number of aliphatic carboxylic acids is 1. The molecule has 0 radical (unpaired) electrons. The lowest BCUT2D eigenvalue weighted by molar-refractivity contribution is -0.138.